The van der Waals surface area contributed by atoms with Crippen LogP contribution in [0.4, 0.5) is 0 Å². The van der Waals surface area contributed by atoms with Crippen LogP contribution in [-0.4, -0.2) is 41.5 Å². The Bertz CT molecular complexity index is 248. The highest BCUT2D eigenvalue weighted by Crippen LogP contribution is 2.20. The number of piperidine rings is 1. The highest BCUT2D eigenvalue weighted by Gasteiger charge is 2.26. The molecule has 1 aliphatic rings. The van der Waals surface area contributed by atoms with Crippen LogP contribution < -0.4 is 0 Å². The van der Waals surface area contributed by atoms with Crippen molar-refractivity contribution in [1.82, 2.24) is 4.90 Å². The fourth-order valence-corrected chi connectivity index (χ4v) is 2.37. The van der Waals surface area contributed by atoms with E-state index in [1.54, 1.807) is 0 Å². The number of carbonyl (C=O) groups excluding carboxylic acids is 1. The number of likely N-dealkylation sites (tertiary alicyclic amines) is 1. The van der Waals surface area contributed by atoms with Crippen molar-refractivity contribution >= 4 is 17.5 Å². The van der Waals surface area contributed by atoms with Crippen molar-refractivity contribution in [3.05, 3.63) is 0 Å². The first-order chi connectivity index (χ1) is 7.94. The molecule has 1 fully saturated rings. The fraction of sp³-hybridized carbons (Fsp3) is 0.923. The van der Waals surface area contributed by atoms with Crippen LogP contribution in [-0.2, 0) is 9.53 Å². The van der Waals surface area contributed by atoms with Gasteiger partial charge in [0.2, 0.25) is 5.91 Å². The Balaban J connectivity index is 2.47. The maximum absolute atomic E-state index is 12.1. The molecule has 1 heterocycles. The van der Waals surface area contributed by atoms with Gasteiger partial charge in [-0.25, -0.2) is 0 Å². The van der Waals surface area contributed by atoms with E-state index in [9.17, 15) is 4.79 Å². The lowest BCUT2D eigenvalue weighted by molar-refractivity contribution is -0.144. The molecule has 0 aromatic carbocycles. The van der Waals surface area contributed by atoms with Gasteiger partial charge in [-0.3, -0.25) is 4.79 Å². The molecule has 0 bridgehead atoms. The Kier molecular flexibility index (Phi) is 5.74. The molecule has 0 radical (unpaired) electrons. The normalized spacial score (nSPS) is 21.6. The van der Waals surface area contributed by atoms with E-state index in [4.69, 9.17) is 16.3 Å². The number of alkyl halides is 1. The van der Waals surface area contributed by atoms with E-state index in [1.807, 2.05) is 25.7 Å². The van der Waals surface area contributed by atoms with Crippen LogP contribution in [0.5, 0.6) is 0 Å². The summed E-state index contributed by atoms with van der Waals surface area (Å²) in [5.41, 5.74) is -0.257. The molecule has 0 aliphatic carbocycles. The Hall–Kier alpha value is -0.280. The standard InChI is InChI=1S/C13H24ClNO2/c1-13(2,3)17-10-12(16)15-9-5-4-6-11(15)7-8-14/h11H,4-10H2,1-3H3. The SMILES string of the molecule is CC(C)(C)OCC(=O)N1CCCCC1CCCl. The molecular formula is C13H24ClNO2. The molecule has 3 nitrogen and oxygen atoms in total. The second kappa shape index (κ2) is 6.60. The summed E-state index contributed by atoms with van der Waals surface area (Å²) in [7, 11) is 0. The average molecular weight is 262 g/mol. The third kappa shape index (κ3) is 5.26. The van der Waals surface area contributed by atoms with Gasteiger partial charge in [-0.1, -0.05) is 0 Å². The fourth-order valence-electron chi connectivity index (χ4n) is 2.12. The van der Waals surface area contributed by atoms with E-state index in [2.05, 4.69) is 0 Å². The van der Waals surface area contributed by atoms with Gasteiger partial charge < -0.3 is 9.64 Å². The molecule has 4 heteroatoms. The van der Waals surface area contributed by atoms with Crippen molar-refractivity contribution in [1.29, 1.82) is 0 Å². The molecule has 100 valence electrons. The predicted molar refractivity (Wildman–Crippen MR) is 70.4 cm³/mol. The summed E-state index contributed by atoms with van der Waals surface area (Å²) in [6.45, 7) is 6.93. The summed E-state index contributed by atoms with van der Waals surface area (Å²) < 4.78 is 5.55. The molecule has 0 spiro atoms. The largest absolute Gasteiger partial charge is 0.366 e. The minimum Gasteiger partial charge on any atom is -0.366 e. The number of hydrogen-bond acceptors (Lipinski definition) is 2. The van der Waals surface area contributed by atoms with Gasteiger partial charge in [0, 0.05) is 18.5 Å². The second-order valence-electron chi connectivity index (χ2n) is 5.62. The van der Waals surface area contributed by atoms with E-state index < -0.39 is 0 Å². The van der Waals surface area contributed by atoms with E-state index in [0.717, 1.165) is 25.8 Å². The summed E-state index contributed by atoms with van der Waals surface area (Å²) in [6, 6.07) is 0.317. The van der Waals surface area contributed by atoms with Gasteiger partial charge in [-0.05, 0) is 46.5 Å². The monoisotopic (exact) mass is 261 g/mol. The Morgan fingerprint density at radius 1 is 1.41 bits per heavy atom. The van der Waals surface area contributed by atoms with E-state index in [-0.39, 0.29) is 18.1 Å². The molecule has 1 rings (SSSR count). The number of halogens is 1. The summed E-state index contributed by atoms with van der Waals surface area (Å²) in [5, 5.41) is 0. The van der Waals surface area contributed by atoms with Crippen LogP contribution in [0.25, 0.3) is 0 Å². The molecule has 0 aromatic rings. The Morgan fingerprint density at radius 2 is 2.12 bits per heavy atom. The number of amides is 1. The summed E-state index contributed by atoms with van der Waals surface area (Å²) in [6.07, 6.45) is 4.27. The smallest absolute Gasteiger partial charge is 0.248 e. The molecule has 1 atom stereocenters. The molecule has 1 amide bonds. The lowest BCUT2D eigenvalue weighted by Gasteiger charge is -2.36. The van der Waals surface area contributed by atoms with Crippen LogP contribution in [0.2, 0.25) is 0 Å². The van der Waals surface area contributed by atoms with Crippen LogP contribution in [0.1, 0.15) is 46.5 Å². The van der Waals surface area contributed by atoms with Crippen molar-refractivity contribution in [2.75, 3.05) is 19.0 Å². The number of nitrogens with zero attached hydrogens (tertiary/aromatic N) is 1. The van der Waals surface area contributed by atoms with E-state index in [1.165, 1.54) is 6.42 Å². The molecule has 1 unspecified atom stereocenters. The van der Waals surface area contributed by atoms with E-state index in [0.29, 0.717) is 11.9 Å². The van der Waals surface area contributed by atoms with Gasteiger partial charge >= 0.3 is 0 Å². The van der Waals surface area contributed by atoms with Crippen molar-refractivity contribution < 1.29 is 9.53 Å². The number of ether oxygens (including phenoxy) is 1. The van der Waals surface area contributed by atoms with Gasteiger partial charge in [0.1, 0.15) is 6.61 Å². The van der Waals surface area contributed by atoms with Crippen molar-refractivity contribution in [2.45, 2.75) is 58.1 Å². The minimum atomic E-state index is -0.257. The first kappa shape index (κ1) is 14.8. The number of carbonyl (C=O) groups is 1. The van der Waals surface area contributed by atoms with Crippen LogP contribution in [0.15, 0.2) is 0 Å². The van der Waals surface area contributed by atoms with Gasteiger partial charge in [0.25, 0.3) is 0 Å². The van der Waals surface area contributed by atoms with Crippen LogP contribution in [0, 0.1) is 0 Å². The quantitative estimate of drug-likeness (QED) is 0.729. The minimum absolute atomic E-state index is 0.106. The lowest BCUT2D eigenvalue weighted by Crippen LogP contribution is -2.46. The topological polar surface area (TPSA) is 29.5 Å². The number of hydrogen-bond donors (Lipinski definition) is 0. The van der Waals surface area contributed by atoms with E-state index >= 15 is 0 Å². The first-order valence-corrected chi connectivity index (χ1v) is 6.97. The predicted octanol–water partition coefficient (Wildman–Crippen LogP) is 2.81. The Morgan fingerprint density at radius 3 is 2.71 bits per heavy atom. The van der Waals surface area contributed by atoms with Gasteiger partial charge in [0.15, 0.2) is 0 Å². The maximum atomic E-state index is 12.1. The highest BCUT2D eigenvalue weighted by atomic mass is 35.5. The van der Waals surface area contributed by atoms with Crippen molar-refractivity contribution in [3.63, 3.8) is 0 Å². The second-order valence-corrected chi connectivity index (χ2v) is 5.99. The van der Waals surface area contributed by atoms with Gasteiger partial charge in [-0.2, -0.15) is 0 Å². The molecule has 1 saturated heterocycles. The Labute approximate surface area is 109 Å². The molecular weight excluding hydrogens is 238 g/mol. The maximum Gasteiger partial charge on any atom is 0.248 e. The summed E-state index contributed by atoms with van der Waals surface area (Å²) in [5.74, 6) is 0.726. The third-order valence-electron chi connectivity index (χ3n) is 3.02. The highest BCUT2D eigenvalue weighted by molar-refractivity contribution is 6.17. The zero-order chi connectivity index (χ0) is 12.9. The van der Waals surface area contributed by atoms with Crippen LogP contribution in [0.3, 0.4) is 0 Å². The van der Waals surface area contributed by atoms with Crippen LogP contribution >= 0.6 is 11.6 Å². The van der Waals surface area contributed by atoms with Gasteiger partial charge in [0.05, 0.1) is 5.60 Å². The zero-order valence-corrected chi connectivity index (χ0v) is 11.9. The molecule has 17 heavy (non-hydrogen) atoms. The molecule has 0 saturated carbocycles. The summed E-state index contributed by atoms with van der Waals surface area (Å²) >= 11 is 5.79. The molecule has 1 aliphatic heterocycles. The number of rotatable bonds is 4. The summed E-state index contributed by atoms with van der Waals surface area (Å²) in [4.78, 5) is 14.0. The van der Waals surface area contributed by atoms with Crippen molar-refractivity contribution in [2.24, 2.45) is 0 Å². The molecule has 0 aromatic heterocycles. The van der Waals surface area contributed by atoms with Gasteiger partial charge in [-0.15, -0.1) is 11.6 Å². The van der Waals surface area contributed by atoms with Crippen molar-refractivity contribution in [3.8, 4) is 0 Å². The third-order valence-corrected chi connectivity index (χ3v) is 3.24. The zero-order valence-electron chi connectivity index (χ0n) is 11.2. The lowest BCUT2D eigenvalue weighted by atomic mass is 10.00. The average Bonchev–Trinajstić information content (AvgIpc) is 2.26. The molecule has 0 N–H and O–H groups in total. The first-order valence-electron chi connectivity index (χ1n) is 6.43.